The Morgan fingerprint density at radius 3 is 2.59 bits per heavy atom. The molecule has 0 unspecified atom stereocenters. The number of aliphatic hydroxyl groups is 1. The molecule has 7 heteroatoms. The molecule has 17 heavy (non-hydrogen) atoms. The van der Waals surface area contributed by atoms with Crippen LogP contribution in [0.4, 0.5) is 8.78 Å². The minimum atomic E-state index is -2.44. The van der Waals surface area contributed by atoms with E-state index in [1.165, 1.54) is 4.90 Å². The van der Waals surface area contributed by atoms with E-state index in [4.69, 9.17) is 16.7 Å². The highest BCUT2D eigenvalue weighted by Gasteiger charge is 2.17. The molecule has 0 aromatic carbocycles. The summed E-state index contributed by atoms with van der Waals surface area (Å²) in [6.45, 7) is 1.64. The van der Waals surface area contributed by atoms with Gasteiger partial charge in [0.2, 0.25) is 0 Å². The number of rotatable bonds is 6. The summed E-state index contributed by atoms with van der Waals surface area (Å²) in [4.78, 5) is 1.45. The zero-order chi connectivity index (χ0) is 13.0. The number of halogens is 3. The first-order valence-electron chi connectivity index (χ1n) is 5.25. The van der Waals surface area contributed by atoms with Crippen molar-refractivity contribution in [2.24, 2.45) is 7.05 Å². The van der Waals surface area contributed by atoms with Crippen molar-refractivity contribution in [3.63, 3.8) is 0 Å². The third kappa shape index (κ3) is 3.90. The van der Waals surface area contributed by atoms with Gasteiger partial charge >= 0.3 is 0 Å². The molecule has 0 radical (unpaired) electrons. The SMILES string of the molecule is Cc1nn(C)c(CN(CCO)CC(F)F)c1Cl. The van der Waals surface area contributed by atoms with Crippen LogP contribution in [-0.4, -0.2) is 45.9 Å². The van der Waals surface area contributed by atoms with Gasteiger partial charge in [-0.1, -0.05) is 11.6 Å². The summed E-state index contributed by atoms with van der Waals surface area (Å²) in [6.07, 6.45) is -2.44. The zero-order valence-corrected chi connectivity index (χ0v) is 10.6. The van der Waals surface area contributed by atoms with Crippen LogP contribution < -0.4 is 0 Å². The van der Waals surface area contributed by atoms with E-state index in [0.29, 0.717) is 16.4 Å². The zero-order valence-electron chi connectivity index (χ0n) is 9.83. The van der Waals surface area contributed by atoms with Crippen LogP contribution in [0.3, 0.4) is 0 Å². The Labute approximate surface area is 104 Å². The van der Waals surface area contributed by atoms with Gasteiger partial charge in [-0.25, -0.2) is 8.78 Å². The number of alkyl halides is 2. The first-order chi connectivity index (χ1) is 7.95. The maximum Gasteiger partial charge on any atom is 0.251 e. The van der Waals surface area contributed by atoms with Crippen molar-refractivity contribution in [3.8, 4) is 0 Å². The molecule has 0 spiro atoms. The minimum Gasteiger partial charge on any atom is -0.395 e. The van der Waals surface area contributed by atoms with E-state index >= 15 is 0 Å². The van der Waals surface area contributed by atoms with Crippen molar-refractivity contribution < 1.29 is 13.9 Å². The normalized spacial score (nSPS) is 11.8. The van der Waals surface area contributed by atoms with Crippen molar-refractivity contribution in [2.75, 3.05) is 19.7 Å². The molecule has 98 valence electrons. The molecule has 0 amide bonds. The predicted octanol–water partition coefficient (Wildman–Crippen LogP) is 1.44. The second kappa shape index (κ2) is 6.28. The number of aromatic nitrogens is 2. The van der Waals surface area contributed by atoms with E-state index in [0.717, 1.165) is 0 Å². The summed E-state index contributed by atoms with van der Waals surface area (Å²) < 4.78 is 26.3. The second-order valence-electron chi connectivity index (χ2n) is 3.82. The van der Waals surface area contributed by atoms with Gasteiger partial charge in [-0.15, -0.1) is 0 Å². The summed E-state index contributed by atoms with van der Waals surface area (Å²) in [5.74, 6) is 0. The predicted molar refractivity (Wildman–Crippen MR) is 61.3 cm³/mol. The molecule has 1 aromatic rings. The lowest BCUT2D eigenvalue weighted by molar-refractivity contribution is 0.0734. The van der Waals surface area contributed by atoms with Crippen LogP contribution in [0.1, 0.15) is 11.4 Å². The van der Waals surface area contributed by atoms with E-state index in [2.05, 4.69) is 5.10 Å². The molecule has 0 saturated carbocycles. The highest BCUT2D eigenvalue weighted by atomic mass is 35.5. The minimum absolute atomic E-state index is 0.166. The Morgan fingerprint density at radius 1 is 1.53 bits per heavy atom. The summed E-state index contributed by atoms with van der Waals surface area (Å²) in [6, 6.07) is 0. The third-order valence-corrected chi connectivity index (χ3v) is 2.94. The molecule has 1 heterocycles. The van der Waals surface area contributed by atoms with Crippen LogP contribution in [0, 0.1) is 6.92 Å². The van der Waals surface area contributed by atoms with Gasteiger partial charge < -0.3 is 5.11 Å². The molecule has 0 aliphatic heterocycles. The Balaban J connectivity index is 2.78. The van der Waals surface area contributed by atoms with Gasteiger partial charge in [0.1, 0.15) is 0 Å². The number of hydrogen-bond acceptors (Lipinski definition) is 3. The van der Waals surface area contributed by atoms with Gasteiger partial charge in [0, 0.05) is 20.1 Å². The first-order valence-corrected chi connectivity index (χ1v) is 5.62. The van der Waals surface area contributed by atoms with Gasteiger partial charge in [0.05, 0.1) is 29.6 Å². The van der Waals surface area contributed by atoms with Crippen LogP contribution in [-0.2, 0) is 13.6 Å². The topological polar surface area (TPSA) is 41.3 Å². The monoisotopic (exact) mass is 267 g/mol. The Hall–Kier alpha value is -0.720. The highest BCUT2D eigenvalue weighted by molar-refractivity contribution is 6.31. The summed E-state index contributed by atoms with van der Waals surface area (Å²) in [5, 5.41) is 13.4. The smallest absolute Gasteiger partial charge is 0.251 e. The summed E-state index contributed by atoms with van der Waals surface area (Å²) in [7, 11) is 1.72. The van der Waals surface area contributed by atoms with E-state index in [1.807, 2.05) is 0 Å². The first kappa shape index (κ1) is 14.3. The molecule has 0 aliphatic rings. The van der Waals surface area contributed by atoms with Crippen molar-refractivity contribution in [3.05, 3.63) is 16.4 Å². The fourth-order valence-corrected chi connectivity index (χ4v) is 1.86. The second-order valence-corrected chi connectivity index (χ2v) is 4.20. The van der Waals surface area contributed by atoms with Crippen LogP contribution in [0.25, 0.3) is 0 Å². The van der Waals surface area contributed by atoms with Crippen LogP contribution in [0.15, 0.2) is 0 Å². The Bertz CT molecular complexity index is 371. The molecule has 1 aromatic heterocycles. The molecule has 0 atom stereocenters. The molecular weight excluding hydrogens is 252 g/mol. The van der Waals surface area contributed by atoms with Crippen molar-refractivity contribution in [2.45, 2.75) is 19.9 Å². The molecule has 0 aliphatic carbocycles. The lowest BCUT2D eigenvalue weighted by Gasteiger charge is -2.20. The van der Waals surface area contributed by atoms with Crippen LogP contribution in [0.5, 0.6) is 0 Å². The van der Waals surface area contributed by atoms with E-state index in [9.17, 15) is 8.78 Å². The number of hydrogen-bond donors (Lipinski definition) is 1. The van der Waals surface area contributed by atoms with Gasteiger partial charge in [-0.05, 0) is 6.92 Å². The number of nitrogens with zero attached hydrogens (tertiary/aromatic N) is 3. The Kier molecular flexibility index (Phi) is 5.30. The van der Waals surface area contributed by atoms with Crippen molar-refractivity contribution >= 4 is 11.6 Å². The maximum atomic E-state index is 12.3. The molecule has 4 nitrogen and oxygen atoms in total. The van der Waals surface area contributed by atoms with Gasteiger partial charge in [-0.2, -0.15) is 5.10 Å². The van der Waals surface area contributed by atoms with Crippen molar-refractivity contribution in [1.82, 2.24) is 14.7 Å². The van der Waals surface area contributed by atoms with Gasteiger partial charge in [-0.3, -0.25) is 9.58 Å². The molecular formula is C10H16ClF2N3O. The van der Waals surface area contributed by atoms with Gasteiger partial charge in [0.15, 0.2) is 0 Å². The van der Waals surface area contributed by atoms with Crippen LogP contribution >= 0.6 is 11.6 Å². The molecule has 1 rings (SSSR count). The maximum absolute atomic E-state index is 12.3. The van der Waals surface area contributed by atoms with Crippen LogP contribution in [0.2, 0.25) is 5.02 Å². The van der Waals surface area contributed by atoms with E-state index in [-0.39, 0.29) is 26.2 Å². The van der Waals surface area contributed by atoms with E-state index in [1.54, 1.807) is 18.7 Å². The highest BCUT2D eigenvalue weighted by Crippen LogP contribution is 2.21. The number of aliphatic hydroxyl groups excluding tert-OH is 1. The van der Waals surface area contributed by atoms with E-state index < -0.39 is 6.43 Å². The van der Waals surface area contributed by atoms with Crippen molar-refractivity contribution in [1.29, 1.82) is 0 Å². The summed E-state index contributed by atoms with van der Waals surface area (Å²) in [5.41, 5.74) is 1.35. The standard InChI is InChI=1S/C10H16ClF2N3O/c1-7-10(11)8(15(2)14-7)5-16(3-4-17)6-9(12)13/h9,17H,3-6H2,1-2H3. The lowest BCUT2D eigenvalue weighted by Crippen LogP contribution is -2.32. The third-order valence-electron chi connectivity index (χ3n) is 2.45. The largest absolute Gasteiger partial charge is 0.395 e. The number of aryl methyl sites for hydroxylation is 2. The fourth-order valence-electron chi connectivity index (χ4n) is 1.64. The van der Waals surface area contributed by atoms with Gasteiger partial charge in [0.25, 0.3) is 6.43 Å². The molecule has 0 bridgehead atoms. The quantitative estimate of drug-likeness (QED) is 0.848. The fraction of sp³-hybridized carbons (Fsp3) is 0.700. The molecule has 0 fully saturated rings. The molecule has 0 saturated heterocycles. The average Bonchev–Trinajstić information content (AvgIpc) is 2.44. The summed E-state index contributed by atoms with van der Waals surface area (Å²) >= 11 is 6.03. The molecule has 1 N–H and O–H groups in total. The average molecular weight is 268 g/mol. The lowest BCUT2D eigenvalue weighted by atomic mass is 10.3. The Morgan fingerprint density at radius 2 is 2.18 bits per heavy atom.